The van der Waals surface area contributed by atoms with E-state index in [1.54, 1.807) is 0 Å². The van der Waals surface area contributed by atoms with Gasteiger partial charge in [-0.2, -0.15) is 22.0 Å². The van der Waals surface area contributed by atoms with Crippen molar-refractivity contribution in [2.75, 3.05) is 22.7 Å². The number of anilines is 2. The first kappa shape index (κ1) is 29.7. The number of rotatable bonds is 8. The number of halogens is 5. The van der Waals surface area contributed by atoms with E-state index in [1.165, 1.54) is 25.1 Å². The molecule has 10 nitrogen and oxygen atoms in total. The monoisotopic (exact) mass is 581 g/mol. The van der Waals surface area contributed by atoms with Gasteiger partial charge in [0.2, 0.25) is 11.5 Å². The number of carbonyl (C=O) groups excluding carboxylic acids is 2. The molecule has 0 bridgehead atoms. The zero-order valence-corrected chi connectivity index (χ0v) is 21.5. The van der Waals surface area contributed by atoms with Crippen LogP contribution < -0.4 is 24.4 Å². The van der Waals surface area contributed by atoms with Gasteiger partial charge in [0.15, 0.2) is 0 Å². The number of hydrogen-bond acceptors (Lipinski definition) is 7. The van der Waals surface area contributed by atoms with Crippen LogP contribution in [0.3, 0.4) is 0 Å². The fraction of sp³-hybridized carbons (Fsp3) is 0.391. The number of benzene rings is 2. The minimum atomic E-state index is -4.86. The smallest absolute Gasteiger partial charge is 0.427 e. The largest absolute Gasteiger partial charge is 0.484 e. The molecule has 0 fully saturated rings. The van der Waals surface area contributed by atoms with Crippen LogP contribution in [0.25, 0.3) is 0 Å². The van der Waals surface area contributed by atoms with Gasteiger partial charge in [-0.15, -0.1) is 0 Å². The van der Waals surface area contributed by atoms with E-state index in [0.717, 1.165) is 28.6 Å². The number of amides is 2. The van der Waals surface area contributed by atoms with Crippen molar-refractivity contribution in [2.24, 2.45) is 0 Å². The first-order valence-electron chi connectivity index (χ1n) is 11.2. The topological polar surface area (TPSA) is 123 Å². The predicted molar refractivity (Wildman–Crippen MR) is 127 cm³/mol. The van der Waals surface area contributed by atoms with E-state index in [-0.39, 0.29) is 30.2 Å². The summed E-state index contributed by atoms with van der Waals surface area (Å²) in [5.74, 6) is -0.829. The van der Waals surface area contributed by atoms with Gasteiger partial charge in [-0.1, -0.05) is 6.07 Å². The molecule has 2 aromatic carbocycles. The van der Waals surface area contributed by atoms with Crippen LogP contribution in [0.15, 0.2) is 47.4 Å². The van der Waals surface area contributed by atoms with Gasteiger partial charge in [0.05, 0.1) is 23.7 Å². The lowest BCUT2D eigenvalue weighted by Gasteiger charge is -2.36. The number of ether oxygens (including phenoxy) is 3. The molecule has 1 atom stereocenters. The van der Waals surface area contributed by atoms with Gasteiger partial charge in [-0.05, 0) is 44.2 Å². The van der Waals surface area contributed by atoms with Gasteiger partial charge in [0.1, 0.15) is 17.6 Å². The van der Waals surface area contributed by atoms with Crippen molar-refractivity contribution >= 4 is 33.4 Å². The summed E-state index contributed by atoms with van der Waals surface area (Å²) in [6, 6.07) is 7.98. The Balaban J connectivity index is 1.97. The minimum absolute atomic E-state index is 0.00491. The molecule has 0 unspecified atom stereocenters. The Hall–Kier alpha value is -3.82. The number of nitrogens with one attached hydrogen (secondary N) is 2. The van der Waals surface area contributed by atoms with Crippen LogP contribution in [0.1, 0.15) is 20.8 Å². The highest BCUT2D eigenvalue weighted by Gasteiger charge is 2.51. The zero-order chi connectivity index (χ0) is 29.2. The molecule has 0 aromatic heterocycles. The van der Waals surface area contributed by atoms with Crippen molar-refractivity contribution in [3.63, 3.8) is 0 Å². The van der Waals surface area contributed by atoms with Crippen LogP contribution in [0, 0.1) is 0 Å². The molecule has 16 heteroatoms. The lowest BCUT2D eigenvalue weighted by atomic mass is 10.1. The standard InChI is InChI=1S/C23H24F5N3O7S/c1-13(32)29-11-16-12-31(39(34,35)17-6-4-5-15(10-17)37-20(24)25)18-9-14(7-8-19(18)36-16)30-21(33)38-22(2,3)23(26,27)28/h4-10,16,20H,11-12H2,1-3H3,(H,29,32)(H,30,33)/t16-/m0/s1. The fourth-order valence-corrected chi connectivity index (χ4v) is 4.89. The SMILES string of the molecule is CC(=O)NC[C@H]1CN(S(=O)(=O)c2cccc(OC(F)F)c2)c2cc(NC(=O)OC(C)(C)C(F)(F)F)ccc2O1. The number of sulfonamides is 1. The molecule has 0 saturated heterocycles. The van der Waals surface area contributed by atoms with Crippen LogP contribution in [-0.2, 0) is 19.6 Å². The Kier molecular flexibility index (Phi) is 8.47. The van der Waals surface area contributed by atoms with Crippen LogP contribution in [0.5, 0.6) is 11.5 Å². The summed E-state index contributed by atoms with van der Waals surface area (Å²) < 4.78 is 107. The molecule has 0 spiro atoms. The summed E-state index contributed by atoms with van der Waals surface area (Å²) in [7, 11) is -4.48. The Morgan fingerprint density at radius 1 is 1.15 bits per heavy atom. The molecule has 1 aliphatic heterocycles. The van der Waals surface area contributed by atoms with Crippen LogP contribution >= 0.6 is 0 Å². The molecule has 2 aromatic rings. The highest BCUT2D eigenvalue weighted by molar-refractivity contribution is 7.92. The molecule has 1 aliphatic rings. The summed E-state index contributed by atoms with van der Waals surface area (Å²) in [5, 5.41) is 4.62. The van der Waals surface area contributed by atoms with Gasteiger partial charge in [0, 0.05) is 18.7 Å². The van der Waals surface area contributed by atoms with Gasteiger partial charge < -0.3 is 19.5 Å². The van der Waals surface area contributed by atoms with Gasteiger partial charge >= 0.3 is 18.9 Å². The van der Waals surface area contributed by atoms with Crippen molar-refractivity contribution in [1.29, 1.82) is 0 Å². The molecular weight excluding hydrogens is 557 g/mol. The van der Waals surface area contributed by atoms with E-state index >= 15 is 0 Å². The van der Waals surface area contributed by atoms with Crippen LogP contribution in [-0.4, -0.2) is 58.0 Å². The summed E-state index contributed by atoms with van der Waals surface area (Å²) in [5.41, 5.74) is -3.07. The number of alkyl halides is 5. The summed E-state index contributed by atoms with van der Waals surface area (Å²) in [6.45, 7) is -1.09. The predicted octanol–water partition coefficient (Wildman–Crippen LogP) is 4.27. The average Bonchev–Trinajstić information content (AvgIpc) is 2.80. The third-order valence-electron chi connectivity index (χ3n) is 5.36. The molecule has 214 valence electrons. The third-order valence-corrected chi connectivity index (χ3v) is 7.14. The summed E-state index contributed by atoms with van der Waals surface area (Å²) >= 11 is 0. The average molecular weight is 582 g/mol. The Morgan fingerprint density at radius 3 is 2.46 bits per heavy atom. The molecule has 3 rings (SSSR count). The van der Waals surface area contributed by atoms with Crippen molar-refractivity contribution in [2.45, 2.75) is 50.2 Å². The maximum absolute atomic E-state index is 13.6. The van der Waals surface area contributed by atoms with E-state index in [2.05, 4.69) is 20.1 Å². The van der Waals surface area contributed by atoms with Gasteiger partial charge in [-0.3, -0.25) is 14.4 Å². The summed E-state index contributed by atoms with van der Waals surface area (Å²) in [4.78, 5) is 23.1. The van der Waals surface area contributed by atoms with Gasteiger partial charge in [-0.25, -0.2) is 13.2 Å². The molecule has 0 aliphatic carbocycles. The Bertz CT molecular complexity index is 1340. The molecule has 2 N–H and O–H groups in total. The van der Waals surface area contributed by atoms with E-state index in [1.807, 2.05) is 0 Å². The molecule has 0 radical (unpaired) electrons. The van der Waals surface area contributed by atoms with Crippen molar-refractivity contribution in [3.05, 3.63) is 42.5 Å². The van der Waals surface area contributed by atoms with Crippen molar-refractivity contribution in [1.82, 2.24) is 5.32 Å². The fourth-order valence-electron chi connectivity index (χ4n) is 3.35. The molecule has 1 heterocycles. The lowest BCUT2D eigenvalue weighted by molar-refractivity contribution is -0.242. The first-order valence-corrected chi connectivity index (χ1v) is 12.6. The number of nitrogens with zero attached hydrogens (tertiary/aromatic N) is 1. The lowest BCUT2D eigenvalue weighted by Crippen LogP contribution is -2.48. The molecular formula is C23H24F5N3O7S. The van der Waals surface area contributed by atoms with E-state index in [9.17, 15) is 40.0 Å². The van der Waals surface area contributed by atoms with Crippen LogP contribution in [0.4, 0.5) is 38.1 Å². The third kappa shape index (κ3) is 7.19. The zero-order valence-electron chi connectivity index (χ0n) is 20.7. The quantitative estimate of drug-likeness (QED) is 0.447. The number of hydrogen-bond donors (Lipinski definition) is 2. The highest BCUT2D eigenvalue weighted by atomic mass is 32.2. The second-order valence-corrected chi connectivity index (χ2v) is 10.6. The van der Waals surface area contributed by atoms with E-state index < -0.39 is 57.2 Å². The van der Waals surface area contributed by atoms with Crippen molar-refractivity contribution < 1.29 is 54.2 Å². The first-order chi connectivity index (χ1) is 18.0. The van der Waals surface area contributed by atoms with E-state index in [0.29, 0.717) is 13.8 Å². The number of fused-ring (bicyclic) bond motifs is 1. The molecule has 2 amide bonds. The second-order valence-electron chi connectivity index (χ2n) is 8.77. The summed E-state index contributed by atoms with van der Waals surface area (Å²) in [6.07, 6.45) is -7.19. The van der Waals surface area contributed by atoms with Crippen LogP contribution in [0.2, 0.25) is 0 Å². The van der Waals surface area contributed by atoms with Gasteiger partial charge in [0.25, 0.3) is 10.0 Å². The number of carbonyl (C=O) groups is 2. The Morgan fingerprint density at radius 2 is 1.85 bits per heavy atom. The maximum Gasteiger partial charge on any atom is 0.427 e. The second kappa shape index (κ2) is 11.1. The normalized spacial score (nSPS) is 15.7. The Labute approximate surface area is 220 Å². The van der Waals surface area contributed by atoms with E-state index in [4.69, 9.17) is 4.74 Å². The highest BCUT2D eigenvalue weighted by Crippen LogP contribution is 2.40. The molecule has 0 saturated carbocycles. The molecule has 39 heavy (non-hydrogen) atoms. The minimum Gasteiger partial charge on any atom is -0.484 e. The maximum atomic E-state index is 13.6. The van der Waals surface area contributed by atoms with Crippen molar-refractivity contribution in [3.8, 4) is 11.5 Å².